The van der Waals surface area contributed by atoms with Crippen molar-refractivity contribution >= 4 is 11.8 Å². The van der Waals surface area contributed by atoms with Gasteiger partial charge in [0.1, 0.15) is 23.9 Å². The molecule has 2 amide bonds. The zero-order valence-electron chi connectivity index (χ0n) is 17.0. The fourth-order valence-electron chi connectivity index (χ4n) is 3.17. The summed E-state index contributed by atoms with van der Waals surface area (Å²) in [5.74, 6) is 0.783. The van der Waals surface area contributed by atoms with E-state index in [-0.39, 0.29) is 13.2 Å². The highest BCUT2D eigenvalue weighted by Crippen LogP contribution is 2.26. The lowest BCUT2D eigenvalue weighted by atomic mass is 10.1. The van der Waals surface area contributed by atoms with Gasteiger partial charge in [0.2, 0.25) is 0 Å². The summed E-state index contributed by atoms with van der Waals surface area (Å²) in [6.45, 7) is 1.71. The summed E-state index contributed by atoms with van der Waals surface area (Å²) in [5, 5.41) is 8.81. The fraction of sp³-hybridized carbons (Fsp3) is 0.318. The van der Waals surface area contributed by atoms with Gasteiger partial charge in [-0.1, -0.05) is 0 Å². The third kappa shape index (κ3) is 4.81. The zero-order valence-corrected chi connectivity index (χ0v) is 17.0. The third-order valence-corrected chi connectivity index (χ3v) is 4.87. The van der Waals surface area contributed by atoms with Crippen molar-refractivity contribution in [1.82, 2.24) is 9.80 Å². The van der Waals surface area contributed by atoms with Crippen LogP contribution >= 0.6 is 0 Å². The second kappa shape index (κ2) is 9.65. The van der Waals surface area contributed by atoms with Gasteiger partial charge in [0, 0.05) is 31.3 Å². The summed E-state index contributed by atoms with van der Waals surface area (Å²) in [5.41, 5.74) is 1.35. The molecule has 0 N–H and O–H groups in total. The predicted molar refractivity (Wildman–Crippen MR) is 108 cm³/mol. The summed E-state index contributed by atoms with van der Waals surface area (Å²) in [7, 11) is 3.12. The van der Waals surface area contributed by atoms with Crippen molar-refractivity contribution in [3.8, 4) is 23.3 Å². The van der Waals surface area contributed by atoms with Crippen LogP contribution in [0.15, 0.2) is 42.5 Å². The number of ether oxygens (including phenoxy) is 3. The number of hydrogen-bond acceptors (Lipinski definition) is 6. The van der Waals surface area contributed by atoms with Crippen LogP contribution in [0, 0.1) is 11.3 Å². The number of benzene rings is 2. The van der Waals surface area contributed by atoms with E-state index in [1.54, 1.807) is 50.6 Å². The average molecular weight is 409 g/mol. The van der Waals surface area contributed by atoms with Gasteiger partial charge in [-0.15, -0.1) is 0 Å². The first-order valence-corrected chi connectivity index (χ1v) is 9.47. The van der Waals surface area contributed by atoms with E-state index < -0.39 is 11.8 Å². The molecule has 0 unspecified atom stereocenters. The maximum atomic E-state index is 12.6. The third-order valence-electron chi connectivity index (χ3n) is 4.87. The molecule has 0 spiro atoms. The quantitative estimate of drug-likeness (QED) is 0.618. The maximum absolute atomic E-state index is 12.6. The Morgan fingerprint density at radius 3 is 2.27 bits per heavy atom. The number of methoxy groups -OCH3 is 2. The Kier molecular flexibility index (Phi) is 6.75. The minimum absolute atomic E-state index is 0.261. The highest BCUT2D eigenvalue weighted by molar-refractivity contribution is 6.35. The molecule has 1 heterocycles. The van der Waals surface area contributed by atoms with E-state index in [0.29, 0.717) is 42.4 Å². The molecule has 1 saturated heterocycles. The molecule has 3 rings (SSSR count). The lowest BCUT2D eigenvalue weighted by Crippen LogP contribution is -2.54. The van der Waals surface area contributed by atoms with Crippen molar-refractivity contribution in [2.75, 3.05) is 40.5 Å². The van der Waals surface area contributed by atoms with Crippen LogP contribution in [0.2, 0.25) is 0 Å². The highest BCUT2D eigenvalue weighted by Gasteiger charge is 2.32. The first kappa shape index (κ1) is 21.0. The number of nitriles is 1. The van der Waals surface area contributed by atoms with Gasteiger partial charge in [0.05, 0.1) is 32.4 Å². The molecule has 1 aliphatic heterocycles. The number of hydrogen-bond donors (Lipinski definition) is 0. The summed E-state index contributed by atoms with van der Waals surface area (Å²) in [6, 6.07) is 14.1. The smallest absolute Gasteiger partial charge is 0.312 e. The second-order valence-corrected chi connectivity index (χ2v) is 6.68. The zero-order chi connectivity index (χ0) is 21.5. The Morgan fingerprint density at radius 1 is 0.933 bits per heavy atom. The Labute approximate surface area is 175 Å². The summed E-state index contributed by atoms with van der Waals surface area (Å²) >= 11 is 0. The van der Waals surface area contributed by atoms with Crippen LogP contribution in [-0.2, 0) is 16.1 Å². The average Bonchev–Trinajstić information content (AvgIpc) is 2.79. The Bertz CT molecular complexity index is 952. The topological polar surface area (TPSA) is 92.1 Å². The highest BCUT2D eigenvalue weighted by atomic mass is 16.5. The van der Waals surface area contributed by atoms with Crippen LogP contribution < -0.4 is 14.2 Å². The van der Waals surface area contributed by atoms with Gasteiger partial charge in [-0.3, -0.25) is 9.59 Å². The number of carbonyl (C=O) groups excluding carboxylic acids is 2. The van der Waals surface area contributed by atoms with E-state index in [0.717, 1.165) is 5.56 Å². The van der Waals surface area contributed by atoms with Gasteiger partial charge in [0.25, 0.3) is 0 Å². The van der Waals surface area contributed by atoms with Crippen LogP contribution in [0.3, 0.4) is 0 Å². The van der Waals surface area contributed by atoms with E-state index in [1.165, 1.54) is 9.80 Å². The van der Waals surface area contributed by atoms with E-state index in [4.69, 9.17) is 19.5 Å². The molecule has 8 heteroatoms. The number of nitrogens with zero attached hydrogens (tertiary/aromatic N) is 3. The van der Waals surface area contributed by atoms with Crippen molar-refractivity contribution in [3.05, 3.63) is 53.6 Å². The molecule has 156 valence electrons. The van der Waals surface area contributed by atoms with E-state index in [2.05, 4.69) is 0 Å². The summed E-state index contributed by atoms with van der Waals surface area (Å²) in [6.07, 6.45) is 0. The van der Waals surface area contributed by atoms with Crippen molar-refractivity contribution in [3.63, 3.8) is 0 Å². The van der Waals surface area contributed by atoms with Gasteiger partial charge >= 0.3 is 11.8 Å². The molecule has 0 aromatic heterocycles. The predicted octanol–water partition coefficient (Wildman–Crippen LogP) is 1.83. The van der Waals surface area contributed by atoms with Gasteiger partial charge < -0.3 is 24.0 Å². The Balaban J connectivity index is 1.54. The molecule has 0 atom stereocenters. The summed E-state index contributed by atoms with van der Waals surface area (Å²) in [4.78, 5) is 28.1. The van der Waals surface area contributed by atoms with Crippen LogP contribution in [0.4, 0.5) is 0 Å². The number of rotatable bonds is 8. The molecule has 1 aliphatic rings. The molecular formula is C22H23N3O5. The lowest BCUT2D eigenvalue weighted by Gasteiger charge is -2.34. The molecular weight excluding hydrogens is 386 g/mol. The Hall–Kier alpha value is -3.73. The molecule has 2 aromatic rings. The SMILES string of the molecule is COc1ccc(CN2CCN(CCOc3ccc(C#N)cc3)C(=O)C2=O)c(OC)c1. The van der Waals surface area contributed by atoms with E-state index in [1.807, 2.05) is 12.1 Å². The number of piperazine rings is 1. The van der Waals surface area contributed by atoms with Crippen molar-refractivity contribution in [2.45, 2.75) is 6.54 Å². The number of amides is 2. The van der Waals surface area contributed by atoms with Crippen LogP contribution in [-0.4, -0.2) is 62.1 Å². The van der Waals surface area contributed by atoms with Crippen LogP contribution in [0.5, 0.6) is 17.2 Å². The second-order valence-electron chi connectivity index (χ2n) is 6.68. The van der Waals surface area contributed by atoms with E-state index in [9.17, 15) is 9.59 Å². The van der Waals surface area contributed by atoms with Crippen molar-refractivity contribution in [1.29, 1.82) is 5.26 Å². The lowest BCUT2D eigenvalue weighted by molar-refractivity contribution is -0.156. The standard InChI is InChI=1S/C22H23N3O5/c1-28-19-8-5-17(20(13-19)29-2)15-25-10-9-24(21(26)22(25)27)11-12-30-18-6-3-16(14-23)4-7-18/h3-8,13H,9-12,15H2,1-2H3. The number of carbonyl (C=O) groups is 2. The molecule has 0 bridgehead atoms. The first-order valence-electron chi connectivity index (χ1n) is 9.47. The molecule has 0 saturated carbocycles. The van der Waals surface area contributed by atoms with Gasteiger partial charge in [-0.25, -0.2) is 0 Å². The summed E-state index contributed by atoms with van der Waals surface area (Å²) < 4.78 is 16.2. The molecule has 0 radical (unpaired) electrons. The largest absolute Gasteiger partial charge is 0.497 e. The molecule has 2 aromatic carbocycles. The van der Waals surface area contributed by atoms with Crippen molar-refractivity contribution < 1.29 is 23.8 Å². The van der Waals surface area contributed by atoms with Crippen molar-refractivity contribution in [2.24, 2.45) is 0 Å². The maximum Gasteiger partial charge on any atom is 0.312 e. The first-order chi connectivity index (χ1) is 14.5. The minimum Gasteiger partial charge on any atom is -0.497 e. The normalized spacial score (nSPS) is 13.8. The fourth-order valence-corrected chi connectivity index (χ4v) is 3.17. The van der Waals surface area contributed by atoms with E-state index >= 15 is 0 Å². The Morgan fingerprint density at radius 2 is 1.60 bits per heavy atom. The van der Waals surface area contributed by atoms with Gasteiger partial charge in [-0.05, 0) is 36.4 Å². The van der Waals surface area contributed by atoms with Gasteiger partial charge in [-0.2, -0.15) is 5.26 Å². The van der Waals surface area contributed by atoms with Gasteiger partial charge in [0.15, 0.2) is 0 Å². The molecule has 1 fully saturated rings. The minimum atomic E-state index is -0.544. The van der Waals surface area contributed by atoms with Crippen LogP contribution in [0.25, 0.3) is 0 Å². The molecule has 8 nitrogen and oxygen atoms in total. The molecule has 0 aliphatic carbocycles. The molecule has 30 heavy (non-hydrogen) atoms. The monoisotopic (exact) mass is 409 g/mol. The van der Waals surface area contributed by atoms with Crippen LogP contribution in [0.1, 0.15) is 11.1 Å².